The van der Waals surface area contributed by atoms with Crippen molar-refractivity contribution in [2.75, 3.05) is 13.1 Å². The van der Waals surface area contributed by atoms with Crippen molar-refractivity contribution >= 4 is 17.7 Å². The summed E-state index contributed by atoms with van der Waals surface area (Å²) in [5.74, 6) is -3.68. The Balaban J connectivity index is 1.51. The lowest BCUT2D eigenvalue weighted by molar-refractivity contribution is 0.0191. The maximum atomic E-state index is 12.9. The fourth-order valence-corrected chi connectivity index (χ4v) is 4.14. The molecule has 0 aromatic heterocycles. The molecule has 0 radical (unpaired) electrons. The van der Waals surface area contributed by atoms with E-state index < -0.39 is 46.9 Å². The Morgan fingerprint density at radius 2 is 1.54 bits per heavy atom. The maximum absolute atomic E-state index is 12.9. The number of esters is 1. The predicted octanol–water partition coefficient (Wildman–Crippen LogP) is 2.45. The summed E-state index contributed by atoms with van der Waals surface area (Å²) < 4.78 is 5.66. The molecule has 2 atom stereocenters. The molecule has 0 spiro atoms. The molecule has 3 aromatic carbocycles. The fraction of sp³-hybridized carbons (Fsp3) is 0.222. The number of aromatic hydroxyl groups is 4. The van der Waals surface area contributed by atoms with Crippen LogP contribution in [0.3, 0.4) is 0 Å². The first-order valence-electron chi connectivity index (χ1n) is 11.6. The largest absolute Gasteiger partial charge is 0.508 e. The molecule has 10 heteroatoms. The Morgan fingerprint density at radius 3 is 2.22 bits per heavy atom. The van der Waals surface area contributed by atoms with E-state index in [2.05, 4.69) is 10.6 Å². The number of amides is 1. The number of ketones is 1. The predicted molar refractivity (Wildman–Crippen MR) is 132 cm³/mol. The number of hydrogen-bond donors (Lipinski definition) is 6. The van der Waals surface area contributed by atoms with Gasteiger partial charge >= 0.3 is 5.97 Å². The average Bonchev–Trinajstić information content (AvgIpc) is 3.09. The number of ether oxygens (including phenoxy) is 1. The highest BCUT2D eigenvalue weighted by atomic mass is 16.5. The summed E-state index contributed by atoms with van der Waals surface area (Å²) in [4.78, 5) is 38.4. The Hall–Kier alpha value is -4.57. The lowest BCUT2D eigenvalue weighted by Crippen LogP contribution is -2.49. The number of benzene rings is 3. The molecule has 1 amide bonds. The number of carbonyl (C=O) groups excluding carboxylic acids is 3. The van der Waals surface area contributed by atoms with E-state index in [4.69, 9.17) is 4.74 Å². The van der Waals surface area contributed by atoms with Crippen molar-refractivity contribution in [3.63, 3.8) is 0 Å². The lowest BCUT2D eigenvalue weighted by Gasteiger charge is -2.26. The SMILES string of the molecule is O=C(NC1CNCCCC1OC(=O)c1cc(O)c(C(=O)c2ccccc2O)c(O)c1)c1ccc(O)cc1. The molecule has 192 valence electrons. The molecule has 1 heterocycles. The van der Waals surface area contributed by atoms with Crippen molar-refractivity contribution in [2.24, 2.45) is 0 Å². The highest BCUT2D eigenvalue weighted by molar-refractivity contribution is 6.14. The molecule has 2 unspecified atom stereocenters. The maximum Gasteiger partial charge on any atom is 0.338 e. The Bertz CT molecular complexity index is 1300. The number of hydrogen-bond acceptors (Lipinski definition) is 9. The monoisotopic (exact) mass is 506 g/mol. The van der Waals surface area contributed by atoms with E-state index in [0.29, 0.717) is 31.5 Å². The third-order valence-electron chi connectivity index (χ3n) is 6.07. The second-order valence-electron chi connectivity index (χ2n) is 8.65. The number of nitrogens with one attached hydrogen (secondary N) is 2. The average molecular weight is 507 g/mol. The molecule has 3 aromatic rings. The van der Waals surface area contributed by atoms with Gasteiger partial charge in [-0.25, -0.2) is 4.79 Å². The van der Waals surface area contributed by atoms with E-state index in [-0.39, 0.29) is 22.6 Å². The van der Waals surface area contributed by atoms with E-state index in [9.17, 15) is 34.8 Å². The first-order valence-corrected chi connectivity index (χ1v) is 11.6. The molecule has 1 fully saturated rings. The summed E-state index contributed by atoms with van der Waals surface area (Å²) in [5, 5.41) is 46.3. The number of carbonyl (C=O) groups is 3. The zero-order valence-corrected chi connectivity index (χ0v) is 19.7. The first kappa shape index (κ1) is 25.5. The second-order valence-corrected chi connectivity index (χ2v) is 8.65. The summed E-state index contributed by atoms with van der Waals surface area (Å²) in [6.07, 6.45) is 0.408. The summed E-state index contributed by atoms with van der Waals surface area (Å²) in [6.45, 7) is 0.997. The van der Waals surface area contributed by atoms with Crippen molar-refractivity contribution in [3.05, 3.63) is 82.9 Å². The van der Waals surface area contributed by atoms with Crippen LogP contribution in [-0.4, -0.2) is 63.3 Å². The zero-order chi connectivity index (χ0) is 26.5. The molecule has 0 bridgehead atoms. The van der Waals surface area contributed by atoms with Crippen molar-refractivity contribution in [2.45, 2.75) is 25.0 Å². The minimum Gasteiger partial charge on any atom is -0.508 e. The van der Waals surface area contributed by atoms with Crippen LogP contribution in [0.2, 0.25) is 0 Å². The number of phenolic OH excluding ortho intramolecular Hbond substituents is 4. The van der Waals surface area contributed by atoms with Gasteiger partial charge in [-0.1, -0.05) is 12.1 Å². The number of rotatable bonds is 6. The number of para-hydroxylation sites is 1. The Kier molecular flexibility index (Phi) is 7.59. The van der Waals surface area contributed by atoms with Crippen molar-refractivity contribution in [1.29, 1.82) is 0 Å². The van der Waals surface area contributed by atoms with Gasteiger partial charge in [0, 0.05) is 12.1 Å². The van der Waals surface area contributed by atoms with Crippen LogP contribution in [0.15, 0.2) is 60.7 Å². The molecule has 0 aliphatic carbocycles. The number of phenols is 4. The van der Waals surface area contributed by atoms with Gasteiger partial charge in [0.2, 0.25) is 5.78 Å². The van der Waals surface area contributed by atoms with Crippen LogP contribution >= 0.6 is 0 Å². The van der Waals surface area contributed by atoms with Gasteiger partial charge in [0.25, 0.3) is 5.91 Å². The van der Waals surface area contributed by atoms with Crippen LogP contribution in [0.5, 0.6) is 23.0 Å². The molecule has 0 saturated carbocycles. The molecular weight excluding hydrogens is 480 g/mol. The molecule has 4 rings (SSSR count). The molecule has 1 aliphatic heterocycles. The van der Waals surface area contributed by atoms with E-state index >= 15 is 0 Å². The van der Waals surface area contributed by atoms with Crippen molar-refractivity contribution in [1.82, 2.24) is 10.6 Å². The smallest absolute Gasteiger partial charge is 0.338 e. The zero-order valence-electron chi connectivity index (χ0n) is 19.7. The molecule has 6 N–H and O–H groups in total. The third-order valence-corrected chi connectivity index (χ3v) is 6.07. The van der Waals surface area contributed by atoms with E-state index in [1.165, 1.54) is 48.5 Å². The van der Waals surface area contributed by atoms with Crippen molar-refractivity contribution in [3.8, 4) is 23.0 Å². The van der Waals surface area contributed by atoms with Gasteiger partial charge in [0.05, 0.1) is 17.2 Å². The minimum atomic E-state index is -0.858. The normalized spacial score (nSPS) is 17.4. The van der Waals surface area contributed by atoms with Gasteiger partial charge in [0.1, 0.15) is 34.7 Å². The lowest BCUT2D eigenvalue weighted by atomic mass is 9.99. The summed E-state index contributed by atoms with van der Waals surface area (Å²) in [5.41, 5.74) is -0.450. The van der Waals surface area contributed by atoms with E-state index in [0.717, 1.165) is 12.1 Å². The van der Waals surface area contributed by atoms with Gasteiger partial charge in [-0.15, -0.1) is 0 Å². The van der Waals surface area contributed by atoms with Crippen LogP contribution < -0.4 is 10.6 Å². The molecule has 1 aliphatic rings. The molecule has 37 heavy (non-hydrogen) atoms. The second kappa shape index (κ2) is 11.0. The molecule has 10 nitrogen and oxygen atoms in total. The van der Waals surface area contributed by atoms with Crippen LogP contribution in [0.1, 0.15) is 49.5 Å². The minimum absolute atomic E-state index is 0.0271. The first-order chi connectivity index (χ1) is 17.7. The highest BCUT2D eigenvalue weighted by Crippen LogP contribution is 2.33. The van der Waals surface area contributed by atoms with Crippen LogP contribution in [0.4, 0.5) is 0 Å². The van der Waals surface area contributed by atoms with Crippen LogP contribution in [0.25, 0.3) is 0 Å². The van der Waals surface area contributed by atoms with Gasteiger partial charge in [-0.05, 0) is 67.9 Å². The summed E-state index contributed by atoms with van der Waals surface area (Å²) in [7, 11) is 0. The van der Waals surface area contributed by atoms with Crippen molar-refractivity contribution < 1.29 is 39.5 Å². The molecule has 1 saturated heterocycles. The quantitative estimate of drug-likeness (QED) is 0.217. The van der Waals surface area contributed by atoms with Crippen LogP contribution in [0, 0.1) is 0 Å². The van der Waals surface area contributed by atoms with Gasteiger partial charge < -0.3 is 35.8 Å². The fourth-order valence-electron chi connectivity index (χ4n) is 4.14. The van der Waals surface area contributed by atoms with E-state index in [1.807, 2.05) is 0 Å². The van der Waals surface area contributed by atoms with Gasteiger partial charge in [-0.3, -0.25) is 9.59 Å². The topological polar surface area (TPSA) is 165 Å². The van der Waals surface area contributed by atoms with Gasteiger partial charge in [-0.2, -0.15) is 0 Å². The van der Waals surface area contributed by atoms with Crippen LogP contribution in [-0.2, 0) is 4.74 Å². The summed E-state index contributed by atoms with van der Waals surface area (Å²) in [6, 6.07) is 12.9. The molecular formula is C27H26N2O8. The van der Waals surface area contributed by atoms with E-state index in [1.54, 1.807) is 0 Å². The standard InChI is InChI=1S/C27H26N2O8/c30-17-9-7-15(8-10-17)26(35)29-19-14-28-11-3-6-23(19)37-27(36)16-12-21(32)24(22(33)13-16)25(34)18-4-1-2-5-20(18)31/h1-2,4-5,7-10,12-13,19,23,28,30-33H,3,6,11,14H2,(H,29,35). The summed E-state index contributed by atoms with van der Waals surface area (Å²) >= 11 is 0. The Morgan fingerprint density at radius 1 is 0.865 bits per heavy atom. The Labute approximate surface area is 212 Å². The highest BCUT2D eigenvalue weighted by Gasteiger charge is 2.30. The van der Waals surface area contributed by atoms with Gasteiger partial charge in [0.15, 0.2) is 0 Å². The third kappa shape index (κ3) is 5.81.